The summed E-state index contributed by atoms with van der Waals surface area (Å²) in [7, 11) is 1.67. The highest BCUT2D eigenvalue weighted by Crippen LogP contribution is 2.32. The largest absolute Gasteiger partial charge is 0.497 e. The van der Waals surface area contributed by atoms with Crippen molar-refractivity contribution in [2.75, 3.05) is 12.8 Å². The second kappa shape index (κ2) is 4.61. The van der Waals surface area contributed by atoms with Crippen molar-refractivity contribution in [1.29, 1.82) is 0 Å². The quantitative estimate of drug-likeness (QED) is 0.900. The summed E-state index contributed by atoms with van der Waals surface area (Å²) in [5.74, 6) is 3.40. The second-order valence-electron chi connectivity index (χ2n) is 5.24. The fraction of sp³-hybridized carbons (Fsp3) is 0.400. The molecule has 0 bridgehead atoms. The molecule has 2 N–H and O–H groups in total. The summed E-state index contributed by atoms with van der Waals surface area (Å²) in [4.78, 5) is 4.73. The van der Waals surface area contributed by atoms with Crippen molar-refractivity contribution in [3.8, 4) is 17.0 Å². The third kappa shape index (κ3) is 2.07. The first-order chi connectivity index (χ1) is 9.19. The molecular weight excluding hydrogens is 238 g/mol. The first-order valence-electron chi connectivity index (χ1n) is 6.68. The van der Waals surface area contributed by atoms with Crippen molar-refractivity contribution < 1.29 is 4.74 Å². The molecule has 2 aromatic rings. The van der Waals surface area contributed by atoms with Gasteiger partial charge in [0.1, 0.15) is 23.1 Å². The monoisotopic (exact) mass is 257 g/mol. The molecule has 0 saturated carbocycles. The molecule has 19 heavy (non-hydrogen) atoms. The SMILES string of the molecule is COc1cccc(-c2nc3n(c2N)CCC(C)C3)c1. The van der Waals surface area contributed by atoms with Crippen molar-refractivity contribution in [2.24, 2.45) is 5.92 Å². The number of nitrogens with zero attached hydrogens (tertiary/aromatic N) is 2. The predicted molar refractivity (Wildman–Crippen MR) is 76.1 cm³/mol. The lowest BCUT2D eigenvalue weighted by Crippen LogP contribution is -2.18. The van der Waals surface area contributed by atoms with Crippen molar-refractivity contribution in [2.45, 2.75) is 26.3 Å². The van der Waals surface area contributed by atoms with Crippen LogP contribution in [0.2, 0.25) is 0 Å². The van der Waals surface area contributed by atoms with Gasteiger partial charge in [0.05, 0.1) is 7.11 Å². The number of nitrogen functional groups attached to an aromatic ring is 1. The number of anilines is 1. The van der Waals surface area contributed by atoms with Crippen LogP contribution in [0.25, 0.3) is 11.3 Å². The van der Waals surface area contributed by atoms with Crippen LogP contribution in [0.5, 0.6) is 5.75 Å². The van der Waals surface area contributed by atoms with E-state index in [1.165, 1.54) is 6.42 Å². The van der Waals surface area contributed by atoms with E-state index in [0.717, 1.165) is 41.6 Å². The number of fused-ring (bicyclic) bond motifs is 1. The molecule has 1 unspecified atom stereocenters. The molecule has 0 radical (unpaired) electrons. The van der Waals surface area contributed by atoms with Crippen molar-refractivity contribution in [1.82, 2.24) is 9.55 Å². The van der Waals surface area contributed by atoms with Crippen molar-refractivity contribution in [3.05, 3.63) is 30.1 Å². The van der Waals surface area contributed by atoms with Crippen molar-refractivity contribution >= 4 is 5.82 Å². The van der Waals surface area contributed by atoms with Gasteiger partial charge < -0.3 is 15.0 Å². The molecule has 3 rings (SSSR count). The number of ether oxygens (including phenoxy) is 1. The molecule has 0 fully saturated rings. The third-order valence-electron chi connectivity index (χ3n) is 3.81. The smallest absolute Gasteiger partial charge is 0.131 e. The standard InChI is InChI=1S/C15H19N3O/c1-10-6-7-18-13(8-10)17-14(15(18)16)11-4-3-5-12(9-11)19-2/h3-5,9-10H,6-8,16H2,1-2H3. The van der Waals surface area contributed by atoms with E-state index in [-0.39, 0.29) is 0 Å². The number of rotatable bonds is 2. The Morgan fingerprint density at radius 3 is 3.05 bits per heavy atom. The number of nitrogens with two attached hydrogens (primary N) is 1. The summed E-state index contributed by atoms with van der Waals surface area (Å²) < 4.78 is 7.41. The number of imidazole rings is 1. The Labute approximate surface area is 113 Å². The van der Waals surface area contributed by atoms with Crippen LogP contribution in [0.3, 0.4) is 0 Å². The van der Waals surface area contributed by atoms with Gasteiger partial charge in [0.15, 0.2) is 0 Å². The lowest BCUT2D eigenvalue weighted by molar-refractivity contribution is 0.412. The van der Waals surface area contributed by atoms with Crippen LogP contribution in [0.15, 0.2) is 24.3 Å². The number of hydrogen-bond acceptors (Lipinski definition) is 3. The predicted octanol–water partition coefficient (Wildman–Crippen LogP) is 2.72. The second-order valence-corrected chi connectivity index (χ2v) is 5.24. The van der Waals surface area contributed by atoms with E-state index in [4.69, 9.17) is 15.5 Å². The fourth-order valence-electron chi connectivity index (χ4n) is 2.66. The molecule has 4 nitrogen and oxygen atoms in total. The molecule has 100 valence electrons. The van der Waals surface area contributed by atoms with Crippen LogP contribution in [0.1, 0.15) is 19.2 Å². The molecule has 1 aromatic carbocycles. The Morgan fingerprint density at radius 2 is 2.26 bits per heavy atom. The van der Waals surface area contributed by atoms with E-state index >= 15 is 0 Å². The molecule has 0 aliphatic carbocycles. The van der Waals surface area contributed by atoms with E-state index in [9.17, 15) is 0 Å². The molecule has 1 atom stereocenters. The molecule has 2 heterocycles. The van der Waals surface area contributed by atoms with E-state index in [1.807, 2.05) is 24.3 Å². The Balaban J connectivity index is 2.05. The van der Waals surface area contributed by atoms with Gasteiger partial charge in [-0.15, -0.1) is 0 Å². The van der Waals surface area contributed by atoms with Gasteiger partial charge in [0.2, 0.25) is 0 Å². The van der Waals surface area contributed by atoms with E-state index in [1.54, 1.807) is 7.11 Å². The minimum Gasteiger partial charge on any atom is -0.497 e. The highest BCUT2D eigenvalue weighted by atomic mass is 16.5. The van der Waals surface area contributed by atoms with E-state index in [0.29, 0.717) is 5.92 Å². The lowest BCUT2D eigenvalue weighted by atomic mass is 10.0. The van der Waals surface area contributed by atoms with Gasteiger partial charge in [-0.05, 0) is 24.5 Å². The van der Waals surface area contributed by atoms with Crippen LogP contribution in [-0.4, -0.2) is 16.7 Å². The first kappa shape index (κ1) is 12.1. The number of methoxy groups -OCH3 is 1. The number of hydrogen-bond donors (Lipinski definition) is 1. The molecular formula is C15H19N3O. The normalized spacial score (nSPS) is 18.1. The Hall–Kier alpha value is -1.97. The van der Waals surface area contributed by atoms with Crippen LogP contribution in [-0.2, 0) is 13.0 Å². The summed E-state index contributed by atoms with van der Waals surface area (Å²) in [5, 5.41) is 0. The zero-order valence-electron chi connectivity index (χ0n) is 11.4. The molecule has 1 aromatic heterocycles. The van der Waals surface area contributed by atoms with Crippen LogP contribution in [0.4, 0.5) is 5.82 Å². The minimum absolute atomic E-state index is 0.687. The zero-order valence-corrected chi connectivity index (χ0v) is 11.4. The summed E-state index contributed by atoms with van der Waals surface area (Å²) >= 11 is 0. The van der Waals surface area contributed by atoms with Gasteiger partial charge in [-0.1, -0.05) is 19.1 Å². The summed E-state index contributed by atoms with van der Waals surface area (Å²) in [6.45, 7) is 3.24. The van der Waals surface area contributed by atoms with Gasteiger partial charge in [-0.25, -0.2) is 4.98 Å². The summed E-state index contributed by atoms with van der Waals surface area (Å²) in [5.41, 5.74) is 8.15. The maximum atomic E-state index is 6.25. The maximum Gasteiger partial charge on any atom is 0.131 e. The minimum atomic E-state index is 0.687. The maximum absolute atomic E-state index is 6.25. The number of aromatic nitrogens is 2. The molecule has 0 spiro atoms. The van der Waals surface area contributed by atoms with Gasteiger partial charge in [-0.2, -0.15) is 0 Å². The molecule has 0 saturated heterocycles. The van der Waals surface area contributed by atoms with Crippen molar-refractivity contribution in [3.63, 3.8) is 0 Å². The Kier molecular flexibility index (Phi) is 2.93. The molecule has 1 aliphatic heterocycles. The fourth-order valence-corrected chi connectivity index (χ4v) is 2.66. The van der Waals surface area contributed by atoms with E-state index < -0.39 is 0 Å². The first-order valence-corrected chi connectivity index (χ1v) is 6.68. The van der Waals surface area contributed by atoms with Gasteiger partial charge >= 0.3 is 0 Å². The average molecular weight is 257 g/mol. The van der Waals surface area contributed by atoms with Crippen LogP contribution in [0, 0.1) is 5.92 Å². The molecule has 1 aliphatic rings. The highest BCUT2D eigenvalue weighted by molar-refractivity contribution is 5.72. The Morgan fingerprint density at radius 1 is 1.42 bits per heavy atom. The third-order valence-corrected chi connectivity index (χ3v) is 3.81. The molecule has 4 heteroatoms. The van der Waals surface area contributed by atoms with Gasteiger partial charge in [-0.3, -0.25) is 0 Å². The molecule has 0 amide bonds. The summed E-state index contributed by atoms with van der Waals surface area (Å²) in [6.07, 6.45) is 2.18. The zero-order chi connectivity index (χ0) is 13.4. The van der Waals surface area contributed by atoms with Gasteiger partial charge in [0, 0.05) is 18.5 Å². The Bertz CT molecular complexity index is 603. The highest BCUT2D eigenvalue weighted by Gasteiger charge is 2.22. The topological polar surface area (TPSA) is 53.1 Å². The van der Waals surface area contributed by atoms with Crippen LogP contribution < -0.4 is 10.5 Å². The lowest BCUT2D eigenvalue weighted by Gasteiger charge is -2.20. The van der Waals surface area contributed by atoms with E-state index in [2.05, 4.69) is 11.5 Å². The average Bonchev–Trinajstić information content (AvgIpc) is 2.75. The van der Waals surface area contributed by atoms with Gasteiger partial charge in [0.25, 0.3) is 0 Å². The number of benzene rings is 1. The van der Waals surface area contributed by atoms with Crippen LogP contribution >= 0.6 is 0 Å². The summed E-state index contributed by atoms with van der Waals surface area (Å²) in [6, 6.07) is 7.90.